The predicted molar refractivity (Wildman–Crippen MR) is 194 cm³/mol. The van der Waals surface area contributed by atoms with Gasteiger partial charge >= 0.3 is 0 Å². The van der Waals surface area contributed by atoms with Gasteiger partial charge in [0.05, 0.1) is 36.6 Å². The monoisotopic (exact) mass is 706 g/mol. The average Bonchev–Trinajstić information content (AvgIpc) is 3.87. The van der Waals surface area contributed by atoms with Crippen LogP contribution in [-0.4, -0.2) is 82.9 Å². The number of nitrogens with zero attached hydrogens (tertiary/aromatic N) is 5. The van der Waals surface area contributed by atoms with E-state index in [2.05, 4.69) is 26.9 Å². The van der Waals surface area contributed by atoms with Crippen molar-refractivity contribution in [2.75, 3.05) is 40.4 Å². The van der Waals surface area contributed by atoms with Crippen LogP contribution in [0.4, 0.5) is 0 Å². The van der Waals surface area contributed by atoms with E-state index >= 15 is 0 Å². The van der Waals surface area contributed by atoms with Crippen molar-refractivity contribution in [2.24, 2.45) is 5.41 Å². The summed E-state index contributed by atoms with van der Waals surface area (Å²) in [5.74, 6) is 2.13. The van der Waals surface area contributed by atoms with Gasteiger partial charge in [-0.1, -0.05) is 48.0 Å². The molecule has 2 aromatic carbocycles. The number of hydrogen-bond donors (Lipinski definition) is 3. The number of methoxy groups -OCH3 is 2. The van der Waals surface area contributed by atoms with Crippen LogP contribution in [0.3, 0.4) is 0 Å². The number of carbonyl (C=O) groups is 2. The molecule has 0 bridgehead atoms. The van der Waals surface area contributed by atoms with Gasteiger partial charge in [-0.2, -0.15) is 5.10 Å². The molecule has 0 unspecified atom stereocenters. The van der Waals surface area contributed by atoms with Gasteiger partial charge in [-0.05, 0) is 24.1 Å². The fourth-order valence-electron chi connectivity index (χ4n) is 7.66. The van der Waals surface area contributed by atoms with Gasteiger partial charge in [0.2, 0.25) is 17.7 Å². The van der Waals surface area contributed by atoms with E-state index in [-0.39, 0.29) is 23.3 Å². The lowest BCUT2D eigenvalue weighted by Crippen LogP contribution is -2.56. The minimum atomic E-state index is 0.0635. The average molecular weight is 707 g/mol. The number of fused-ring (bicyclic) bond motifs is 1. The van der Waals surface area contributed by atoms with Gasteiger partial charge in [-0.15, -0.1) is 0 Å². The van der Waals surface area contributed by atoms with Crippen molar-refractivity contribution < 1.29 is 19.1 Å². The quantitative estimate of drug-likeness (QED) is 0.181. The summed E-state index contributed by atoms with van der Waals surface area (Å²) in [6.07, 6.45) is 5.65. The van der Waals surface area contributed by atoms with Crippen molar-refractivity contribution >= 4 is 34.3 Å². The molecular formula is C38H39ClN8O4. The largest absolute Gasteiger partial charge is 0.496 e. The normalized spacial score (nSPS) is 18.2. The molecule has 0 aliphatic carbocycles. The zero-order chi connectivity index (χ0) is 35.1. The molecule has 3 saturated heterocycles. The molecule has 262 valence electrons. The highest BCUT2D eigenvalue weighted by Gasteiger charge is 2.48. The van der Waals surface area contributed by atoms with Gasteiger partial charge in [-0.25, -0.2) is 14.6 Å². The minimum Gasteiger partial charge on any atom is -0.496 e. The second-order valence-corrected chi connectivity index (χ2v) is 14.1. The van der Waals surface area contributed by atoms with Crippen LogP contribution in [-0.2, 0) is 22.7 Å². The molecule has 3 aliphatic rings. The van der Waals surface area contributed by atoms with Gasteiger partial charge in [0.15, 0.2) is 5.82 Å². The summed E-state index contributed by atoms with van der Waals surface area (Å²) >= 11 is 7.18. The van der Waals surface area contributed by atoms with Crippen LogP contribution in [0.25, 0.3) is 39.1 Å². The Balaban J connectivity index is 1.03. The SMILES string of the molecule is COc1cc(-n2ncc3c(-c4cccc(-c5ccc(CN6CC7(CNC(=O)C7)C6)c(OC)n5)c4Cl)cccc32)ncc1CNC[C@@H]1CCC(=O)N1. The number of likely N-dealkylation sites (tertiary alicyclic amines) is 1. The third-order valence-electron chi connectivity index (χ3n) is 10.2. The number of pyridine rings is 2. The number of rotatable bonds is 11. The third kappa shape index (κ3) is 6.39. The van der Waals surface area contributed by atoms with E-state index < -0.39 is 0 Å². The fourth-order valence-corrected chi connectivity index (χ4v) is 7.98. The molecule has 3 aromatic heterocycles. The topological polar surface area (TPSA) is 136 Å². The van der Waals surface area contributed by atoms with E-state index in [4.69, 9.17) is 36.1 Å². The molecule has 12 nitrogen and oxygen atoms in total. The van der Waals surface area contributed by atoms with E-state index in [0.29, 0.717) is 54.9 Å². The lowest BCUT2D eigenvalue weighted by atomic mass is 9.79. The Morgan fingerprint density at radius 1 is 0.980 bits per heavy atom. The molecule has 3 N–H and O–H groups in total. The molecule has 13 heteroatoms. The van der Waals surface area contributed by atoms with Crippen LogP contribution in [0.15, 0.2) is 67.0 Å². The van der Waals surface area contributed by atoms with E-state index in [1.165, 1.54) is 0 Å². The van der Waals surface area contributed by atoms with Crippen molar-refractivity contribution in [1.82, 2.24) is 40.6 Å². The lowest BCUT2D eigenvalue weighted by Gasteiger charge is -2.47. The highest BCUT2D eigenvalue weighted by molar-refractivity contribution is 6.36. The van der Waals surface area contributed by atoms with Gasteiger partial charge < -0.3 is 25.4 Å². The first-order chi connectivity index (χ1) is 24.8. The highest BCUT2D eigenvalue weighted by Crippen LogP contribution is 2.41. The Bertz CT molecular complexity index is 2150. The maximum absolute atomic E-state index is 11.8. The van der Waals surface area contributed by atoms with E-state index in [0.717, 1.165) is 70.5 Å². The lowest BCUT2D eigenvalue weighted by molar-refractivity contribution is -0.121. The summed E-state index contributed by atoms with van der Waals surface area (Å²) in [5, 5.41) is 15.6. The molecule has 0 radical (unpaired) electrons. The maximum atomic E-state index is 11.8. The van der Waals surface area contributed by atoms with Gasteiger partial charge in [0.25, 0.3) is 0 Å². The van der Waals surface area contributed by atoms with Gasteiger partial charge in [0, 0.05) is 103 Å². The summed E-state index contributed by atoms with van der Waals surface area (Å²) in [7, 11) is 3.28. The number of hydrogen-bond acceptors (Lipinski definition) is 9. The van der Waals surface area contributed by atoms with Gasteiger partial charge in [-0.3, -0.25) is 14.5 Å². The van der Waals surface area contributed by atoms with Crippen LogP contribution in [0.1, 0.15) is 30.4 Å². The number of carbonyl (C=O) groups excluding carboxylic acids is 2. The molecule has 6 heterocycles. The van der Waals surface area contributed by atoms with Crippen LogP contribution in [0, 0.1) is 5.41 Å². The molecule has 3 aliphatic heterocycles. The molecule has 8 rings (SSSR count). The Hall–Kier alpha value is -5.04. The molecule has 5 aromatic rings. The summed E-state index contributed by atoms with van der Waals surface area (Å²) in [6, 6.07) is 18.1. The van der Waals surface area contributed by atoms with E-state index in [1.54, 1.807) is 25.1 Å². The second-order valence-electron chi connectivity index (χ2n) is 13.7. The Morgan fingerprint density at radius 2 is 1.80 bits per heavy atom. The molecule has 1 spiro atoms. The number of benzene rings is 2. The first kappa shape index (κ1) is 33.1. The highest BCUT2D eigenvalue weighted by atomic mass is 35.5. The zero-order valence-corrected chi connectivity index (χ0v) is 29.3. The number of nitrogens with one attached hydrogen (secondary N) is 3. The molecule has 1 atom stereocenters. The molecule has 2 amide bonds. The van der Waals surface area contributed by atoms with Crippen LogP contribution in [0.2, 0.25) is 5.02 Å². The third-order valence-corrected chi connectivity index (χ3v) is 10.6. The summed E-state index contributed by atoms with van der Waals surface area (Å²) < 4.78 is 13.3. The number of amides is 2. The second kappa shape index (κ2) is 13.6. The van der Waals surface area contributed by atoms with Crippen LogP contribution in [0.5, 0.6) is 11.6 Å². The Labute approximate surface area is 300 Å². The van der Waals surface area contributed by atoms with Crippen molar-refractivity contribution in [1.29, 1.82) is 0 Å². The van der Waals surface area contributed by atoms with Crippen molar-refractivity contribution in [2.45, 2.75) is 38.4 Å². The summed E-state index contributed by atoms with van der Waals surface area (Å²) in [4.78, 5) is 35.2. The molecular weight excluding hydrogens is 668 g/mol. The number of ether oxygens (including phenoxy) is 2. The Morgan fingerprint density at radius 3 is 2.57 bits per heavy atom. The van der Waals surface area contributed by atoms with Crippen LogP contribution >= 0.6 is 11.6 Å². The van der Waals surface area contributed by atoms with Crippen molar-refractivity contribution in [3.63, 3.8) is 0 Å². The first-order valence-corrected chi connectivity index (χ1v) is 17.5. The maximum Gasteiger partial charge on any atom is 0.220 e. The van der Waals surface area contributed by atoms with Crippen molar-refractivity contribution in [3.8, 4) is 39.8 Å². The fraction of sp³-hybridized carbons (Fsp3) is 0.342. The molecule has 3 fully saturated rings. The molecule has 51 heavy (non-hydrogen) atoms. The predicted octanol–water partition coefficient (Wildman–Crippen LogP) is 4.51. The van der Waals surface area contributed by atoms with Crippen molar-refractivity contribution in [3.05, 3.63) is 83.1 Å². The standard InChI is InChI=1S/C38H39ClN8O4/c1-50-32-13-33(41-16-24(32)15-40-17-25-10-12-34(48)44-25)47-31-8-4-5-26(29(31)18-43-47)27-6-3-7-28(36(27)39)30-11-9-23(37(45-30)51-2)19-46-21-38(22-46)14-35(49)42-20-38/h3-9,11,13,16,18,25,40H,10,12,14-15,17,19-22H2,1-2H3,(H,42,49)(H,44,48)/t25-/m0/s1. The zero-order valence-electron chi connectivity index (χ0n) is 28.5. The summed E-state index contributed by atoms with van der Waals surface area (Å²) in [6.45, 7) is 4.45. The summed E-state index contributed by atoms with van der Waals surface area (Å²) in [5.41, 5.74) is 6.16. The van der Waals surface area contributed by atoms with E-state index in [9.17, 15) is 9.59 Å². The first-order valence-electron chi connectivity index (χ1n) is 17.2. The smallest absolute Gasteiger partial charge is 0.220 e. The van der Waals surface area contributed by atoms with Gasteiger partial charge in [0.1, 0.15) is 5.75 Å². The van der Waals surface area contributed by atoms with Crippen LogP contribution < -0.4 is 25.4 Å². The number of halogens is 1. The Kier molecular flexibility index (Phi) is 8.83. The number of aromatic nitrogens is 4. The van der Waals surface area contributed by atoms with E-state index in [1.807, 2.05) is 54.7 Å². The minimum absolute atomic E-state index is 0.0635. The molecule has 0 saturated carbocycles.